The van der Waals surface area contributed by atoms with Crippen molar-refractivity contribution in [3.8, 4) is 0 Å². The van der Waals surface area contributed by atoms with Gasteiger partial charge in [0.25, 0.3) is 0 Å². The number of carbonyl (C=O) groups is 2. The van der Waals surface area contributed by atoms with E-state index < -0.39 is 8.32 Å². The zero-order valence-corrected chi connectivity index (χ0v) is 15.4. The largest absolute Gasteiger partial charge is 0.413 e. The summed E-state index contributed by atoms with van der Waals surface area (Å²) in [5.74, 6) is -0.565. The van der Waals surface area contributed by atoms with Gasteiger partial charge in [-0.1, -0.05) is 27.7 Å². The van der Waals surface area contributed by atoms with Crippen LogP contribution in [0.2, 0.25) is 18.1 Å². The number of rotatable bonds is 5. The van der Waals surface area contributed by atoms with Crippen molar-refractivity contribution >= 4 is 32.0 Å². The SMILES string of the molecule is C[C@@H](O[Si](C)(C)C(C)(C)C)[C@H]1C(=O)N[C@@H]1[C@@H](C)C(=O)S. The molecule has 1 aliphatic heterocycles. The molecule has 0 aromatic heterocycles. The van der Waals surface area contributed by atoms with Gasteiger partial charge in [-0.05, 0) is 25.1 Å². The van der Waals surface area contributed by atoms with E-state index in [1.807, 2.05) is 6.92 Å². The second-order valence-corrected chi connectivity index (χ2v) is 12.5. The molecule has 1 saturated heterocycles. The monoisotopic (exact) mass is 317 g/mol. The predicted molar refractivity (Wildman–Crippen MR) is 86.3 cm³/mol. The molecule has 1 heterocycles. The molecule has 1 rings (SSSR count). The molecule has 20 heavy (non-hydrogen) atoms. The van der Waals surface area contributed by atoms with Crippen LogP contribution in [0.15, 0.2) is 0 Å². The maximum absolute atomic E-state index is 11.8. The molecular weight excluding hydrogens is 290 g/mol. The number of carbonyl (C=O) groups excluding carboxylic acids is 2. The van der Waals surface area contributed by atoms with Crippen LogP contribution in [0.1, 0.15) is 34.6 Å². The van der Waals surface area contributed by atoms with Gasteiger partial charge in [0.15, 0.2) is 13.4 Å². The summed E-state index contributed by atoms with van der Waals surface area (Å²) in [5, 5.41) is 2.71. The number of β-lactam (4-membered cyclic amide) rings is 1. The van der Waals surface area contributed by atoms with Gasteiger partial charge < -0.3 is 9.74 Å². The average molecular weight is 318 g/mol. The smallest absolute Gasteiger partial charge is 0.228 e. The van der Waals surface area contributed by atoms with E-state index in [4.69, 9.17) is 4.43 Å². The van der Waals surface area contributed by atoms with Crippen LogP contribution in [0, 0.1) is 11.8 Å². The summed E-state index contributed by atoms with van der Waals surface area (Å²) in [5.41, 5.74) is 0. The summed E-state index contributed by atoms with van der Waals surface area (Å²) in [7, 11) is -1.92. The van der Waals surface area contributed by atoms with Crippen LogP contribution < -0.4 is 5.32 Å². The first kappa shape index (κ1) is 17.7. The minimum atomic E-state index is -1.92. The van der Waals surface area contributed by atoms with Gasteiger partial charge in [0.1, 0.15) is 0 Å². The zero-order valence-electron chi connectivity index (χ0n) is 13.5. The molecule has 1 aliphatic rings. The lowest BCUT2D eigenvalue weighted by Gasteiger charge is -2.46. The van der Waals surface area contributed by atoms with Crippen molar-refractivity contribution in [1.82, 2.24) is 5.32 Å². The van der Waals surface area contributed by atoms with E-state index in [1.54, 1.807) is 6.92 Å². The highest BCUT2D eigenvalue weighted by molar-refractivity contribution is 7.96. The molecule has 6 heteroatoms. The highest BCUT2D eigenvalue weighted by Crippen LogP contribution is 2.39. The fraction of sp³-hybridized carbons (Fsp3) is 0.857. The molecule has 1 N–H and O–H groups in total. The van der Waals surface area contributed by atoms with Crippen LogP contribution in [-0.4, -0.2) is 31.5 Å². The molecule has 116 valence electrons. The van der Waals surface area contributed by atoms with Crippen LogP contribution in [0.25, 0.3) is 0 Å². The number of thiol groups is 1. The molecule has 0 saturated carbocycles. The first-order valence-electron chi connectivity index (χ1n) is 7.09. The normalized spacial score (nSPS) is 26.5. The van der Waals surface area contributed by atoms with Crippen LogP contribution in [0.5, 0.6) is 0 Å². The Morgan fingerprint density at radius 3 is 2.20 bits per heavy atom. The van der Waals surface area contributed by atoms with Crippen LogP contribution in [0.4, 0.5) is 0 Å². The van der Waals surface area contributed by atoms with Gasteiger partial charge in [-0.25, -0.2) is 0 Å². The lowest BCUT2D eigenvalue weighted by atomic mass is 9.79. The van der Waals surface area contributed by atoms with Crippen molar-refractivity contribution in [2.24, 2.45) is 11.8 Å². The Morgan fingerprint density at radius 2 is 1.85 bits per heavy atom. The Morgan fingerprint density at radius 1 is 1.35 bits per heavy atom. The Hall–Kier alpha value is -0.333. The molecule has 1 amide bonds. The maximum Gasteiger partial charge on any atom is 0.228 e. The van der Waals surface area contributed by atoms with Crippen molar-refractivity contribution in [3.05, 3.63) is 0 Å². The fourth-order valence-electron chi connectivity index (χ4n) is 2.23. The molecule has 1 fully saturated rings. The first-order chi connectivity index (χ1) is 8.88. The number of hydrogen-bond donors (Lipinski definition) is 2. The van der Waals surface area contributed by atoms with E-state index >= 15 is 0 Å². The molecule has 0 spiro atoms. The van der Waals surface area contributed by atoms with Gasteiger partial charge >= 0.3 is 0 Å². The third kappa shape index (κ3) is 3.46. The maximum atomic E-state index is 11.8. The van der Waals surface area contributed by atoms with Gasteiger partial charge in [0, 0.05) is 5.92 Å². The van der Waals surface area contributed by atoms with Crippen LogP contribution in [0.3, 0.4) is 0 Å². The molecular formula is C14H27NO3SSi. The number of nitrogens with one attached hydrogen (secondary N) is 1. The minimum Gasteiger partial charge on any atom is -0.413 e. The number of hydrogen-bond acceptors (Lipinski definition) is 3. The first-order valence-corrected chi connectivity index (χ1v) is 10.4. The van der Waals surface area contributed by atoms with E-state index in [2.05, 4.69) is 51.8 Å². The summed E-state index contributed by atoms with van der Waals surface area (Å²) in [6.45, 7) is 14.6. The van der Waals surface area contributed by atoms with Crippen molar-refractivity contribution in [2.45, 2.75) is 64.9 Å². The minimum absolute atomic E-state index is 0.0253. The Balaban J connectivity index is 2.78. The van der Waals surface area contributed by atoms with E-state index in [0.717, 1.165) is 0 Å². The van der Waals surface area contributed by atoms with Gasteiger partial charge in [-0.2, -0.15) is 0 Å². The predicted octanol–water partition coefficient (Wildman–Crippen LogP) is 2.60. The van der Waals surface area contributed by atoms with Crippen molar-refractivity contribution in [3.63, 3.8) is 0 Å². The second-order valence-electron chi connectivity index (χ2n) is 7.27. The summed E-state index contributed by atoms with van der Waals surface area (Å²) < 4.78 is 6.28. The molecule has 0 aliphatic carbocycles. The summed E-state index contributed by atoms with van der Waals surface area (Å²) in [4.78, 5) is 23.2. The lowest BCUT2D eigenvalue weighted by Crippen LogP contribution is -2.66. The van der Waals surface area contributed by atoms with Crippen LogP contribution in [-0.2, 0) is 14.0 Å². The number of amides is 1. The molecule has 0 radical (unpaired) electrons. The molecule has 0 unspecified atom stereocenters. The molecule has 0 aromatic carbocycles. The van der Waals surface area contributed by atoms with E-state index in [-0.39, 0.29) is 40.0 Å². The Bertz CT molecular complexity index is 406. The van der Waals surface area contributed by atoms with Crippen molar-refractivity contribution in [1.29, 1.82) is 0 Å². The van der Waals surface area contributed by atoms with Gasteiger partial charge in [-0.3, -0.25) is 9.59 Å². The van der Waals surface area contributed by atoms with E-state index in [1.165, 1.54) is 0 Å². The lowest BCUT2D eigenvalue weighted by molar-refractivity contribution is -0.143. The second kappa shape index (κ2) is 5.81. The Kier molecular flexibility index (Phi) is 5.15. The highest BCUT2D eigenvalue weighted by Gasteiger charge is 2.49. The molecule has 0 bridgehead atoms. The fourth-order valence-corrected chi connectivity index (χ4v) is 3.82. The van der Waals surface area contributed by atoms with Crippen LogP contribution >= 0.6 is 12.6 Å². The summed E-state index contributed by atoms with van der Waals surface area (Å²) in [6.07, 6.45) is -0.176. The van der Waals surface area contributed by atoms with Crippen molar-refractivity contribution < 1.29 is 14.0 Å². The standard InChI is InChI=1S/C14H27NO3SSi/c1-8(13(17)19)11-10(12(16)15-11)9(2)18-20(6,7)14(3,4)5/h8-11H,1-7H3,(H,15,16)(H,17,19)/t8-,9-,10-,11-/m1/s1. The summed E-state index contributed by atoms with van der Waals surface area (Å²) in [6, 6.07) is -0.160. The van der Waals surface area contributed by atoms with Gasteiger partial charge in [0.05, 0.1) is 18.1 Å². The zero-order chi connectivity index (χ0) is 15.9. The Labute approximate surface area is 128 Å². The van der Waals surface area contributed by atoms with Gasteiger partial charge in [0.2, 0.25) is 5.91 Å². The topological polar surface area (TPSA) is 55.4 Å². The average Bonchev–Trinajstić information content (AvgIpc) is 2.21. The third-order valence-corrected chi connectivity index (χ3v) is 9.70. The summed E-state index contributed by atoms with van der Waals surface area (Å²) >= 11 is 3.87. The quantitative estimate of drug-likeness (QED) is 0.465. The molecule has 4 atom stereocenters. The third-order valence-electron chi connectivity index (χ3n) is 4.72. The van der Waals surface area contributed by atoms with Gasteiger partial charge in [-0.15, -0.1) is 12.6 Å². The molecule has 0 aromatic rings. The highest BCUT2D eigenvalue weighted by atomic mass is 32.1. The van der Waals surface area contributed by atoms with E-state index in [9.17, 15) is 9.59 Å². The van der Waals surface area contributed by atoms with Crippen molar-refractivity contribution in [2.75, 3.05) is 0 Å². The molecule has 4 nitrogen and oxygen atoms in total. The van der Waals surface area contributed by atoms with E-state index in [0.29, 0.717) is 0 Å².